The molecule has 0 spiro atoms. The standard InChI is InChI=1S/C19H17FN4O3S/c1-27-15-8-2-12(3-9-15)10-16-18(26)22-19(24-23-16)28-11-17(25)21-14-6-4-13(20)5-7-14/h2-9H,10-11H2,1H3,(H,21,25)(H,22,24,26). The third kappa shape index (κ3) is 5.40. The molecule has 28 heavy (non-hydrogen) atoms. The molecule has 2 N–H and O–H groups in total. The molecule has 0 unspecified atom stereocenters. The van der Waals surface area contributed by atoms with Gasteiger partial charge in [0.25, 0.3) is 5.56 Å². The number of carbonyl (C=O) groups excluding carboxylic acids is 1. The minimum atomic E-state index is -0.380. The molecule has 0 saturated carbocycles. The number of nitrogens with zero attached hydrogens (tertiary/aromatic N) is 2. The van der Waals surface area contributed by atoms with E-state index in [1.54, 1.807) is 19.2 Å². The van der Waals surface area contributed by atoms with Gasteiger partial charge in [-0.2, -0.15) is 0 Å². The zero-order chi connectivity index (χ0) is 19.9. The molecule has 0 fully saturated rings. The number of amides is 1. The van der Waals surface area contributed by atoms with Crippen LogP contribution in [-0.2, 0) is 11.2 Å². The van der Waals surface area contributed by atoms with E-state index >= 15 is 0 Å². The predicted molar refractivity (Wildman–Crippen MR) is 104 cm³/mol. The number of hydrogen-bond acceptors (Lipinski definition) is 6. The first-order valence-corrected chi connectivity index (χ1v) is 9.29. The van der Waals surface area contributed by atoms with Crippen LogP contribution in [0.4, 0.5) is 10.1 Å². The predicted octanol–water partition coefficient (Wildman–Crippen LogP) is 2.63. The molecule has 144 valence electrons. The van der Waals surface area contributed by atoms with Crippen molar-refractivity contribution >= 4 is 23.4 Å². The molecule has 0 saturated heterocycles. The first kappa shape index (κ1) is 19.6. The number of H-pyrrole nitrogens is 1. The van der Waals surface area contributed by atoms with Gasteiger partial charge in [0, 0.05) is 12.1 Å². The summed E-state index contributed by atoms with van der Waals surface area (Å²) >= 11 is 1.05. The van der Waals surface area contributed by atoms with E-state index in [1.165, 1.54) is 24.3 Å². The molecule has 2 aromatic carbocycles. The first-order chi connectivity index (χ1) is 13.5. The van der Waals surface area contributed by atoms with Gasteiger partial charge >= 0.3 is 0 Å². The van der Waals surface area contributed by atoms with Gasteiger partial charge in [-0.3, -0.25) is 14.6 Å². The van der Waals surface area contributed by atoms with Crippen molar-refractivity contribution in [1.29, 1.82) is 0 Å². The summed E-state index contributed by atoms with van der Waals surface area (Å²) in [7, 11) is 1.58. The maximum Gasteiger partial charge on any atom is 0.273 e. The molecule has 9 heteroatoms. The quantitative estimate of drug-likeness (QED) is 0.592. The van der Waals surface area contributed by atoms with Gasteiger partial charge in [0.2, 0.25) is 5.91 Å². The van der Waals surface area contributed by atoms with Crippen LogP contribution in [0, 0.1) is 5.82 Å². The summed E-state index contributed by atoms with van der Waals surface area (Å²) < 4.78 is 18.0. The molecule has 1 aromatic heterocycles. The second-order valence-electron chi connectivity index (χ2n) is 5.77. The van der Waals surface area contributed by atoms with Crippen molar-refractivity contribution in [3.8, 4) is 5.75 Å². The van der Waals surface area contributed by atoms with E-state index in [9.17, 15) is 14.0 Å². The molecule has 1 amide bonds. The number of nitrogens with one attached hydrogen (secondary N) is 2. The lowest BCUT2D eigenvalue weighted by Gasteiger charge is -2.05. The monoisotopic (exact) mass is 400 g/mol. The second kappa shape index (κ2) is 9.14. The maximum absolute atomic E-state index is 12.9. The SMILES string of the molecule is COc1ccc(Cc2nnc(SCC(=O)Nc3ccc(F)cc3)[nH]c2=O)cc1. The van der Waals surface area contributed by atoms with Crippen LogP contribution in [0.5, 0.6) is 5.75 Å². The van der Waals surface area contributed by atoms with Crippen molar-refractivity contribution in [3.63, 3.8) is 0 Å². The summed E-state index contributed by atoms with van der Waals surface area (Å²) in [5, 5.41) is 10.8. The summed E-state index contributed by atoms with van der Waals surface area (Å²) in [6.07, 6.45) is 0.336. The topological polar surface area (TPSA) is 97.0 Å². The number of anilines is 1. The van der Waals surface area contributed by atoms with E-state index in [0.29, 0.717) is 12.1 Å². The average Bonchev–Trinajstić information content (AvgIpc) is 2.70. The van der Waals surface area contributed by atoms with Gasteiger partial charge in [-0.05, 0) is 42.0 Å². The van der Waals surface area contributed by atoms with Crippen LogP contribution in [0.1, 0.15) is 11.3 Å². The van der Waals surface area contributed by atoms with E-state index in [-0.39, 0.29) is 33.9 Å². The highest BCUT2D eigenvalue weighted by molar-refractivity contribution is 7.99. The Hall–Kier alpha value is -3.20. The van der Waals surface area contributed by atoms with Crippen LogP contribution in [0.3, 0.4) is 0 Å². The number of hydrogen-bond donors (Lipinski definition) is 2. The van der Waals surface area contributed by atoms with Crippen molar-refractivity contribution in [2.45, 2.75) is 11.6 Å². The van der Waals surface area contributed by atoms with E-state index in [1.807, 2.05) is 12.1 Å². The number of methoxy groups -OCH3 is 1. The van der Waals surface area contributed by atoms with Crippen LogP contribution >= 0.6 is 11.8 Å². The number of rotatable bonds is 7. The Balaban J connectivity index is 1.56. The largest absolute Gasteiger partial charge is 0.497 e. The third-order valence-electron chi connectivity index (χ3n) is 3.74. The van der Waals surface area contributed by atoms with Crippen molar-refractivity contribution in [1.82, 2.24) is 15.2 Å². The number of benzene rings is 2. The summed E-state index contributed by atoms with van der Waals surface area (Å²) in [5.74, 6) is 0.0748. The number of carbonyl (C=O) groups is 1. The Morgan fingerprint density at radius 3 is 2.50 bits per heavy atom. The fourth-order valence-electron chi connectivity index (χ4n) is 2.33. The Bertz CT molecular complexity index is 1010. The number of halogens is 1. The van der Waals surface area contributed by atoms with Gasteiger partial charge in [0.1, 0.15) is 17.3 Å². The Kier molecular flexibility index (Phi) is 6.38. The molecule has 7 nitrogen and oxygen atoms in total. The van der Waals surface area contributed by atoms with E-state index in [2.05, 4.69) is 20.5 Å². The van der Waals surface area contributed by atoms with Crippen LogP contribution in [0.2, 0.25) is 0 Å². The molecule has 0 aliphatic heterocycles. The lowest BCUT2D eigenvalue weighted by atomic mass is 10.1. The van der Waals surface area contributed by atoms with Gasteiger partial charge in [0.05, 0.1) is 12.9 Å². The zero-order valence-corrected chi connectivity index (χ0v) is 15.8. The summed E-state index contributed by atoms with van der Waals surface area (Å²) in [6, 6.07) is 12.8. The third-order valence-corrected chi connectivity index (χ3v) is 4.61. The van der Waals surface area contributed by atoms with Gasteiger partial charge in [-0.1, -0.05) is 23.9 Å². The molecule has 3 rings (SSSR count). The van der Waals surface area contributed by atoms with Crippen LogP contribution in [-0.4, -0.2) is 34.0 Å². The molecule has 0 atom stereocenters. The van der Waals surface area contributed by atoms with Crippen LogP contribution < -0.4 is 15.6 Å². The molecular formula is C19H17FN4O3S. The number of ether oxygens (including phenoxy) is 1. The summed E-state index contributed by atoms with van der Waals surface area (Å²) in [6.45, 7) is 0. The Morgan fingerprint density at radius 1 is 1.14 bits per heavy atom. The lowest BCUT2D eigenvalue weighted by molar-refractivity contribution is -0.113. The molecule has 3 aromatic rings. The van der Waals surface area contributed by atoms with E-state index < -0.39 is 0 Å². The van der Waals surface area contributed by atoms with Crippen LogP contribution in [0.15, 0.2) is 58.5 Å². The number of aromatic amines is 1. The first-order valence-electron chi connectivity index (χ1n) is 8.30. The van der Waals surface area contributed by atoms with Gasteiger partial charge in [0.15, 0.2) is 5.16 Å². The van der Waals surface area contributed by atoms with Crippen LogP contribution in [0.25, 0.3) is 0 Å². The highest BCUT2D eigenvalue weighted by atomic mass is 32.2. The number of thioether (sulfide) groups is 1. The average molecular weight is 400 g/mol. The molecular weight excluding hydrogens is 383 g/mol. The lowest BCUT2D eigenvalue weighted by Crippen LogP contribution is -2.19. The normalized spacial score (nSPS) is 10.5. The van der Waals surface area contributed by atoms with E-state index in [4.69, 9.17) is 4.74 Å². The number of aromatic nitrogens is 3. The molecule has 0 aliphatic carbocycles. The smallest absolute Gasteiger partial charge is 0.273 e. The Morgan fingerprint density at radius 2 is 1.86 bits per heavy atom. The van der Waals surface area contributed by atoms with Gasteiger partial charge in [-0.15, -0.1) is 10.2 Å². The molecule has 0 bridgehead atoms. The fraction of sp³-hybridized carbons (Fsp3) is 0.158. The molecule has 1 heterocycles. The fourth-order valence-corrected chi connectivity index (χ4v) is 2.93. The van der Waals surface area contributed by atoms with Crippen molar-refractivity contribution < 1.29 is 13.9 Å². The van der Waals surface area contributed by atoms with Gasteiger partial charge < -0.3 is 10.1 Å². The Labute approximate surface area is 164 Å². The molecule has 0 radical (unpaired) electrons. The van der Waals surface area contributed by atoms with Crippen molar-refractivity contribution in [2.24, 2.45) is 0 Å². The maximum atomic E-state index is 12.9. The minimum absolute atomic E-state index is 0.0276. The second-order valence-corrected chi connectivity index (χ2v) is 6.74. The summed E-state index contributed by atoms with van der Waals surface area (Å²) in [4.78, 5) is 26.8. The van der Waals surface area contributed by atoms with E-state index in [0.717, 1.165) is 23.1 Å². The van der Waals surface area contributed by atoms with Crippen molar-refractivity contribution in [2.75, 3.05) is 18.2 Å². The highest BCUT2D eigenvalue weighted by Crippen LogP contribution is 2.14. The highest BCUT2D eigenvalue weighted by Gasteiger charge is 2.09. The summed E-state index contributed by atoms with van der Waals surface area (Å²) in [5.41, 5.74) is 1.32. The van der Waals surface area contributed by atoms with Crippen molar-refractivity contribution in [3.05, 3.63) is 76.0 Å². The molecule has 0 aliphatic rings. The zero-order valence-electron chi connectivity index (χ0n) is 14.9. The minimum Gasteiger partial charge on any atom is -0.497 e. The van der Waals surface area contributed by atoms with Gasteiger partial charge in [-0.25, -0.2) is 4.39 Å².